The van der Waals surface area contributed by atoms with Crippen LogP contribution in [0.5, 0.6) is 11.5 Å². The monoisotopic (exact) mass is 386 g/mol. The number of amides is 2. The van der Waals surface area contributed by atoms with Gasteiger partial charge in [-0.3, -0.25) is 0 Å². The standard InChI is InChI=1S/C21H26N2O3S/c1-4-27-18-8-6-17(7-9-18)15(2)22-21(24)23(3)14-16-5-10-19-20(13-16)26-12-11-25-19/h5-10,13,15H,4,11-12,14H2,1-3H3,(H,22,24). The number of fused-ring (bicyclic) bond motifs is 1. The number of carbonyl (C=O) groups is 1. The molecule has 2 amide bonds. The van der Waals surface area contributed by atoms with Crippen LogP contribution in [0, 0.1) is 0 Å². The first-order chi connectivity index (χ1) is 13.1. The van der Waals surface area contributed by atoms with E-state index in [0.717, 1.165) is 28.4 Å². The lowest BCUT2D eigenvalue weighted by molar-refractivity contribution is 0.171. The molecular weight excluding hydrogens is 360 g/mol. The van der Waals surface area contributed by atoms with E-state index < -0.39 is 0 Å². The first kappa shape index (κ1) is 19.4. The molecule has 0 radical (unpaired) electrons. The summed E-state index contributed by atoms with van der Waals surface area (Å²) in [6, 6.07) is 14.0. The number of thioether (sulfide) groups is 1. The molecule has 0 aromatic heterocycles. The number of urea groups is 1. The molecule has 144 valence electrons. The molecule has 0 saturated heterocycles. The smallest absolute Gasteiger partial charge is 0.317 e. The van der Waals surface area contributed by atoms with Crippen molar-refractivity contribution in [2.75, 3.05) is 26.0 Å². The number of rotatable bonds is 6. The molecule has 0 spiro atoms. The van der Waals surface area contributed by atoms with E-state index in [0.29, 0.717) is 19.8 Å². The molecular formula is C21H26N2O3S. The Bertz CT molecular complexity index is 779. The van der Waals surface area contributed by atoms with Crippen LogP contribution in [0.4, 0.5) is 4.79 Å². The summed E-state index contributed by atoms with van der Waals surface area (Å²) in [5, 5.41) is 3.05. The molecule has 3 rings (SSSR count). The third kappa shape index (κ3) is 5.10. The highest BCUT2D eigenvalue weighted by Crippen LogP contribution is 2.31. The summed E-state index contributed by atoms with van der Waals surface area (Å²) in [5.41, 5.74) is 2.10. The first-order valence-electron chi connectivity index (χ1n) is 9.19. The van der Waals surface area contributed by atoms with E-state index in [1.165, 1.54) is 4.90 Å². The van der Waals surface area contributed by atoms with Crippen LogP contribution < -0.4 is 14.8 Å². The molecule has 5 nitrogen and oxygen atoms in total. The molecule has 2 aromatic carbocycles. The van der Waals surface area contributed by atoms with E-state index in [2.05, 4.69) is 36.5 Å². The van der Waals surface area contributed by atoms with Gasteiger partial charge in [-0.2, -0.15) is 0 Å². The summed E-state index contributed by atoms with van der Waals surface area (Å²) < 4.78 is 11.1. The Morgan fingerprint density at radius 3 is 2.56 bits per heavy atom. The summed E-state index contributed by atoms with van der Waals surface area (Å²) in [5.74, 6) is 2.55. The van der Waals surface area contributed by atoms with Crippen LogP contribution in [-0.4, -0.2) is 36.9 Å². The Kier molecular flexibility index (Phi) is 6.50. The zero-order valence-corrected chi connectivity index (χ0v) is 16.8. The van der Waals surface area contributed by atoms with Gasteiger partial charge in [-0.15, -0.1) is 11.8 Å². The van der Waals surface area contributed by atoms with Gasteiger partial charge in [0.25, 0.3) is 0 Å². The van der Waals surface area contributed by atoms with Gasteiger partial charge in [-0.1, -0.05) is 25.1 Å². The lowest BCUT2D eigenvalue weighted by Crippen LogP contribution is -2.38. The van der Waals surface area contributed by atoms with Crippen molar-refractivity contribution in [3.05, 3.63) is 53.6 Å². The normalized spacial score (nSPS) is 13.7. The summed E-state index contributed by atoms with van der Waals surface area (Å²) in [6.07, 6.45) is 0. The molecule has 1 atom stereocenters. The fourth-order valence-electron chi connectivity index (χ4n) is 2.93. The number of ether oxygens (including phenoxy) is 2. The Balaban J connectivity index is 1.56. The lowest BCUT2D eigenvalue weighted by atomic mass is 10.1. The van der Waals surface area contributed by atoms with Crippen molar-refractivity contribution in [2.24, 2.45) is 0 Å². The summed E-state index contributed by atoms with van der Waals surface area (Å²) in [7, 11) is 1.79. The van der Waals surface area contributed by atoms with Crippen LogP contribution >= 0.6 is 11.8 Å². The molecule has 1 heterocycles. The van der Waals surface area contributed by atoms with Gasteiger partial charge in [0.1, 0.15) is 13.2 Å². The maximum atomic E-state index is 12.5. The molecule has 0 aliphatic carbocycles. The highest BCUT2D eigenvalue weighted by molar-refractivity contribution is 7.99. The van der Waals surface area contributed by atoms with Crippen molar-refractivity contribution in [2.45, 2.75) is 31.3 Å². The molecule has 1 aliphatic heterocycles. The van der Waals surface area contributed by atoms with Crippen LogP contribution in [-0.2, 0) is 6.54 Å². The Morgan fingerprint density at radius 1 is 1.15 bits per heavy atom. The SMILES string of the molecule is CCSc1ccc(C(C)NC(=O)N(C)Cc2ccc3c(c2)OCCO3)cc1. The van der Waals surface area contributed by atoms with E-state index in [4.69, 9.17) is 9.47 Å². The van der Waals surface area contributed by atoms with Crippen molar-refractivity contribution in [1.82, 2.24) is 10.2 Å². The van der Waals surface area contributed by atoms with Gasteiger partial charge >= 0.3 is 6.03 Å². The average Bonchev–Trinajstić information content (AvgIpc) is 2.68. The lowest BCUT2D eigenvalue weighted by Gasteiger charge is -2.23. The molecule has 1 aliphatic rings. The molecule has 0 fully saturated rings. The van der Waals surface area contributed by atoms with Crippen molar-refractivity contribution in [1.29, 1.82) is 0 Å². The molecule has 1 unspecified atom stereocenters. The number of hydrogen-bond donors (Lipinski definition) is 1. The van der Waals surface area contributed by atoms with Gasteiger partial charge < -0.3 is 19.7 Å². The minimum Gasteiger partial charge on any atom is -0.486 e. The van der Waals surface area contributed by atoms with E-state index in [1.807, 2.05) is 36.9 Å². The maximum Gasteiger partial charge on any atom is 0.317 e. The molecule has 2 aromatic rings. The maximum absolute atomic E-state index is 12.5. The van der Waals surface area contributed by atoms with Gasteiger partial charge in [0, 0.05) is 18.5 Å². The Hall–Kier alpha value is -2.34. The second kappa shape index (κ2) is 9.04. The van der Waals surface area contributed by atoms with E-state index in [9.17, 15) is 4.79 Å². The topological polar surface area (TPSA) is 50.8 Å². The minimum absolute atomic E-state index is 0.0547. The quantitative estimate of drug-likeness (QED) is 0.744. The van der Waals surface area contributed by atoms with E-state index in [-0.39, 0.29) is 12.1 Å². The Morgan fingerprint density at radius 2 is 1.85 bits per heavy atom. The highest BCUT2D eigenvalue weighted by atomic mass is 32.2. The zero-order valence-electron chi connectivity index (χ0n) is 16.0. The molecule has 6 heteroatoms. The van der Waals surface area contributed by atoms with Crippen LogP contribution in [0.3, 0.4) is 0 Å². The molecule has 1 N–H and O–H groups in total. The third-order valence-corrected chi connectivity index (χ3v) is 5.30. The van der Waals surface area contributed by atoms with Crippen molar-refractivity contribution < 1.29 is 14.3 Å². The predicted octanol–water partition coefficient (Wildman–Crippen LogP) is 4.47. The zero-order chi connectivity index (χ0) is 19.2. The fourth-order valence-corrected chi connectivity index (χ4v) is 3.59. The van der Waals surface area contributed by atoms with Crippen molar-refractivity contribution >= 4 is 17.8 Å². The van der Waals surface area contributed by atoms with Crippen molar-refractivity contribution in [3.63, 3.8) is 0 Å². The van der Waals surface area contributed by atoms with Gasteiger partial charge in [-0.25, -0.2) is 4.79 Å². The van der Waals surface area contributed by atoms with Crippen LogP contribution in [0.25, 0.3) is 0 Å². The first-order valence-corrected chi connectivity index (χ1v) is 10.2. The summed E-state index contributed by atoms with van der Waals surface area (Å²) in [6.45, 7) is 5.77. The van der Waals surface area contributed by atoms with Crippen LogP contribution in [0.2, 0.25) is 0 Å². The van der Waals surface area contributed by atoms with Gasteiger partial charge in [0.2, 0.25) is 0 Å². The predicted molar refractivity (Wildman–Crippen MR) is 109 cm³/mol. The number of carbonyl (C=O) groups excluding carboxylic acids is 1. The van der Waals surface area contributed by atoms with E-state index >= 15 is 0 Å². The van der Waals surface area contributed by atoms with Crippen LogP contribution in [0.1, 0.15) is 31.0 Å². The summed E-state index contributed by atoms with van der Waals surface area (Å²) in [4.78, 5) is 15.5. The average molecular weight is 387 g/mol. The van der Waals surface area contributed by atoms with Crippen molar-refractivity contribution in [3.8, 4) is 11.5 Å². The van der Waals surface area contributed by atoms with E-state index in [1.54, 1.807) is 11.9 Å². The van der Waals surface area contributed by atoms with Gasteiger partial charge in [0.15, 0.2) is 11.5 Å². The third-order valence-electron chi connectivity index (χ3n) is 4.40. The molecule has 27 heavy (non-hydrogen) atoms. The largest absolute Gasteiger partial charge is 0.486 e. The number of nitrogens with zero attached hydrogens (tertiary/aromatic N) is 1. The Labute approximate surface area is 165 Å². The van der Waals surface area contributed by atoms with Gasteiger partial charge in [-0.05, 0) is 48.1 Å². The second-order valence-electron chi connectivity index (χ2n) is 6.51. The molecule has 0 saturated carbocycles. The fraction of sp³-hybridized carbons (Fsp3) is 0.381. The number of hydrogen-bond acceptors (Lipinski definition) is 4. The van der Waals surface area contributed by atoms with Gasteiger partial charge in [0.05, 0.1) is 6.04 Å². The summed E-state index contributed by atoms with van der Waals surface area (Å²) >= 11 is 1.81. The molecule has 0 bridgehead atoms. The number of benzene rings is 2. The van der Waals surface area contributed by atoms with Crippen LogP contribution in [0.15, 0.2) is 47.4 Å². The second-order valence-corrected chi connectivity index (χ2v) is 7.84. The minimum atomic E-state index is -0.107. The highest BCUT2D eigenvalue weighted by Gasteiger charge is 2.16. The number of nitrogens with one attached hydrogen (secondary N) is 1.